The summed E-state index contributed by atoms with van der Waals surface area (Å²) in [6, 6.07) is 2.84. The van der Waals surface area contributed by atoms with Crippen LogP contribution in [0.1, 0.15) is 40.3 Å². The molecule has 9 heteroatoms. The van der Waals surface area contributed by atoms with Crippen LogP contribution in [0.4, 0.5) is 13.2 Å². The highest BCUT2D eigenvalue weighted by molar-refractivity contribution is 9.10. The van der Waals surface area contributed by atoms with Gasteiger partial charge in [0.2, 0.25) is 0 Å². The lowest BCUT2D eigenvalue weighted by molar-refractivity contribution is -0.141. The van der Waals surface area contributed by atoms with Crippen LogP contribution in [-0.4, -0.2) is 15.9 Å². The quantitative estimate of drug-likeness (QED) is 0.824. The average Bonchev–Trinajstić information content (AvgIpc) is 2.50. The van der Waals surface area contributed by atoms with Crippen molar-refractivity contribution < 1.29 is 18.0 Å². The van der Waals surface area contributed by atoms with Gasteiger partial charge in [0.1, 0.15) is 11.3 Å². The molecule has 5 nitrogen and oxygen atoms in total. The fourth-order valence-corrected chi connectivity index (χ4v) is 2.28. The van der Waals surface area contributed by atoms with Crippen molar-refractivity contribution in [1.82, 2.24) is 15.3 Å². The number of carbonyl (C=O) groups excluding carboxylic acids is 1. The summed E-state index contributed by atoms with van der Waals surface area (Å²) < 4.78 is 38.0. The number of carbonyl (C=O) groups is 1. The lowest BCUT2D eigenvalue weighted by Gasteiger charge is -2.15. The molecule has 2 rings (SSSR count). The monoisotopic (exact) mass is 403 g/mol. The number of amides is 1. The molecule has 1 amide bonds. The third kappa shape index (κ3) is 4.02. The molecule has 0 aliphatic heterocycles. The summed E-state index contributed by atoms with van der Waals surface area (Å²) in [5.41, 5.74) is -0.690. The normalized spacial score (nSPS) is 12.8. The van der Waals surface area contributed by atoms with Crippen LogP contribution in [-0.2, 0) is 6.18 Å². The Labute approximate surface area is 143 Å². The van der Waals surface area contributed by atoms with E-state index in [4.69, 9.17) is 0 Å². The maximum absolute atomic E-state index is 12.5. The molecule has 2 aromatic rings. The average molecular weight is 404 g/mol. The maximum atomic E-state index is 12.5. The number of pyridine rings is 2. The first-order valence-corrected chi connectivity index (χ1v) is 7.62. The summed E-state index contributed by atoms with van der Waals surface area (Å²) in [7, 11) is 0. The molecule has 24 heavy (non-hydrogen) atoms. The van der Waals surface area contributed by atoms with Crippen molar-refractivity contribution in [2.24, 2.45) is 0 Å². The molecule has 0 unspecified atom stereocenters. The minimum absolute atomic E-state index is 0.0980. The number of nitrogens with zero attached hydrogens (tertiary/aromatic N) is 1. The van der Waals surface area contributed by atoms with E-state index in [2.05, 4.69) is 31.2 Å². The number of hydrogen-bond acceptors (Lipinski definition) is 3. The van der Waals surface area contributed by atoms with E-state index in [1.54, 1.807) is 13.8 Å². The zero-order chi connectivity index (χ0) is 18.1. The SMILES string of the molecule is Cc1[nH]c(=O)c(C(=O)N[C@H](C)c2ccc(C(F)(F)F)nc2)cc1Br. The molecule has 0 aromatic carbocycles. The standard InChI is InChI=1S/C15H13BrF3N3O2/c1-7(9-3-4-12(20-6-9)15(17,18)19)21-13(23)10-5-11(16)8(2)22-14(10)24/h3-7H,1-2H3,(H,21,23)(H,22,24)/t7-/m1/s1. The van der Waals surface area contributed by atoms with Gasteiger partial charge in [-0.25, -0.2) is 0 Å². The zero-order valence-electron chi connectivity index (χ0n) is 12.7. The number of H-pyrrole nitrogens is 1. The number of nitrogens with one attached hydrogen (secondary N) is 2. The Morgan fingerprint density at radius 3 is 2.58 bits per heavy atom. The van der Waals surface area contributed by atoms with Crippen molar-refractivity contribution in [1.29, 1.82) is 0 Å². The molecular formula is C15H13BrF3N3O2. The highest BCUT2D eigenvalue weighted by atomic mass is 79.9. The Morgan fingerprint density at radius 1 is 1.38 bits per heavy atom. The number of rotatable bonds is 3. The molecule has 0 radical (unpaired) electrons. The smallest absolute Gasteiger partial charge is 0.345 e. The van der Waals surface area contributed by atoms with Crippen LogP contribution < -0.4 is 10.9 Å². The Balaban J connectivity index is 2.17. The molecule has 0 aliphatic carbocycles. The molecule has 2 heterocycles. The van der Waals surface area contributed by atoms with Crippen LogP contribution in [0.5, 0.6) is 0 Å². The number of aromatic amines is 1. The summed E-state index contributed by atoms with van der Waals surface area (Å²) in [4.78, 5) is 29.9. The van der Waals surface area contributed by atoms with Gasteiger partial charge in [0.25, 0.3) is 11.5 Å². The largest absolute Gasteiger partial charge is 0.433 e. The zero-order valence-corrected chi connectivity index (χ0v) is 14.2. The number of aromatic nitrogens is 2. The van der Waals surface area contributed by atoms with Crippen molar-refractivity contribution in [3.8, 4) is 0 Å². The molecule has 1 atom stereocenters. The summed E-state index contributed by atoms with van der Waals surface area (Å²) >= 11 is 3.22. The van der Waals surface area contributed by atoms with Gasteiger partial charge in [0.05, 0.1) is 6.04 Å². The number of alkyl halides is 3. The molecule has 0 aliphatic rings. The highest BCUT2D eigenvalue weighted by Gasteiger charge is 2.32. The summed E-state index contributed by atoms with van der Waals surface area (Å²) in [5, 5.41) is 2.56. The van der Waals surface area contributed by atoms with E-state index >= 15 is 0 Å². The minimum atomic E-state index is -4.52. The first kappa shape index (κ1) is 18.2. The first-order valence-electron chi connectivity index (χ1n) is 6.83. The van der Waals surface area contributed by atoms with Crippen LogP contribution in [0, 0.1) is 6.92 Å². The van der Waals surface area contributed by atoms with Crippen LogP contribution in [0.2, 0.25) is 0 Å². The van der Waals surface area contributed by atoms with Gasteiger partial charge in [0.15, 0.2) is 0 Å². The third-order valence-corrected chi connectivity index (χ3v) is 4.17. The van der Waals surface area contributed by atoms with Gasteiger partial charge in [0, 0.05) is 16.4 Å². The third-order valence-electron chi connectivity index (χ3n) is 3.34. The van der Waals surface area contributed by atoms with Gasteiger partial charge in [-0.05, 0) is 47.5 Å². The van der Waals surface area contributed by atoms with Gasteiger partial charge >= 0.3 is 6.18 Å². The Morgan fingerprint density at radius 2 is 2.04 bits per heavy atom. The van der Waals surface area contributed by atoms with E-state index in [9.17, 15) is 22.8 Å². The van der Waals surface area contributed by atoms with Crippen molar-refractivity contribution in [2.45, 2.75) is 26.1 Å². The minimum Gasteiger partial charge on any atom is -0.345 e. The predicted octanol–water partition coefficient (Wildman–Crippen LogP) is 3.35. The van der Waals surface area contributed by atoms with Crippen molar-refractivity contribution >= 4 is 21.8 Å². The molecule has 0 spiro atoms. The van der Waals surface area contributed by atoms with Crippen LogP contribution in [0.3, 0.4) is 0 Å². The second-order valence-electron chi connectivity index (χ2n) is 5.15. The number of hydrogen-bond donors (Lipinski definition) is 2. The van der Waals surface area contributed by atoms with Gasteiger partial charge in [-0.2, -0.15) is 13.2 Å². The van der Waals surface area contributed by atoms with Gasteiger partial charge < -0.3 is 10.3 Å². The van der Waals surface area contributed by atoms with E-state index in [1.807, 2.05) is 0 Å². The molecular weight excluding hydrogens is 391 g/mol. The molecule has 2 aromatic heterocycles. The molecule has 128 valence electrons. The van der Waals surface area contributed by atoms with Crippen molar-refractivity contribution in [2.75, 3.05) is 0 Å². The second-order valence-corrected chi connectivity index (χ2v) is 6.01. The Hall–Kier alpha value is -2.16. The van der Waals surface area contributed by atoms with Crippen LogP contribution in [0.25, 0.3) is 0 Å². The maximum Gasteiger partial charge on any atom is 0.433 e. The molecule has 0 saturated heterocycles. The summed E-state index contributed by atoms with van der Waals surface area (Å²) in [6.07, 6.45) is -3.48. The van der Waals surface area contributed by atoms with E-state index in [0.717, 1.165) is 12.3 Å². The first-order chi connectivity index (χ1) is 11.1. The molecule has 2 N–H and O–H groups in total. The fourth-order valence-electron chi connectivity index (χ4n) is 1.95. The van der Waals surface area contributed by atoms with E-state index < -0.39 is 29.4 Å². The Bertz CT molecular complexity index is 816. The number of halogens is 4. The lowest BCUT2D eigenvalue weighted by atomic mass is 10.1. The van der Waals surface area contributed by atoms with Gasteiger partial charge in [-0.15, -0.1) is 0 Å². The van der Waals surface area contributed by atoms with Crippen molar-refractivity contribution in [3.63, 3.8) is 0 Å². The van der Waals surface area contributed by atoms with Crippen molar-refractivity contribution in [3.05, 3.63) is 61.7 Å². The highest BCUT2D eigenvalue weighted by Crippen LogP contribution is 2.27. The fraction of sp³-hybridized carbons (Fsp3) is 0.267. The van der Waals surface area contributed by atoms with E-state index in [1.165, 1.54) is 12.1 Å². The van der Waals surface area contributed by atoms with Gasteiger partial charge in [-0.1, -0.05) is 6.07 Å². The Kier molecular flexibility index (Phi) is 5.12. The summed E-state index contributed by atoms with van der Waals surface area (Å²) in [6.45, 7) is 3.25. The molecule has 0 fully saturated rings. The summed E-state index contributed by atoms with van der Waals surface area (Å²) in [5.74, 6) is -0.635. The lowest BCUT2D eigenvalue weighted by Crippen LogP contribution is -2.32. The molecule has 0 bridgehead atoms. The second kappa shape index (κ2) is 6.76. The predicted molar refractivity (Wildman–Crippen MR) is 84.6 cm³/mol. The van der Waals surface area contributed by atoms with Crippen LogP contribution >= 0.6 is 15.9 Å². The van der Waals surface area contributed by atoms with Crippen LogP contribution in [0.15, 0.2) is 33.7 Å². The van der Waals surface area contributed by atoms with E-state index in [-0.39, 0.29) is 5.56 Å². The number of aryl methyl sites for hydroxylation is 1. The molecule has 0 saturated carbocycles. The van der Waals surface area contributed by atoms with E-state index in [0.29, 0.717) is 15.7 Å². The topological polar surface area (TPSA) is 74.8 Å². The van der Waals surface area contributed by atoms with Gasteiger partial charge in [-0.3, -0.25) is 14.6 Å².